The van der Waals surface area contributed by atoms with E-state index < -0.39 is 5.79 Å². The largest absolute Gasteiger partial charge is 0.346 e. The smallest absolute Gasteiger partial charge is 0.271 e. The first kappa shape index (κ1) is 14.9. The van der Waals surface area contributed by atoms with Crippen molar-refractivity contribution in [2.45, 2.75) is 37.5 Å². The minimum absolute atomic E-state index is 0.170. The number of ether oxygens (including phenoxy) is 2. The first-order chi connectivity index (χ1) is 11.2. The van der Waals surface area contributed by atoms with Gasteiger partial charge in [-0.25, -0.2) is 4.98 Å². The molecular weight excluding hydrogens is 318 g/mol. The zero-order valence-electron chi connectivity index (χ0n) is 12.6. The van der Waals surface area contributed by atoms with Gasteiger partial charge in [0.05, 0.1) is 19.3 Å². The van der Waals surface area contributed by atoms with Gasteiger partial charge in [-0.1, -0.05) is 24.1 Å². The van der Waals surface area contributed by atoms with Gasteiger partial charge in [0.15, 0.2) is 16.6 Å². The number of nitrogens with zero attached hydrogens (tertiary/aromatic N) is 2. The van der Waals surface area contributed by atoms with Gasteiger partial charge < -0.3 is 14.8 Å². The maximum absolute atomic E-state index is 12.8. The number of carbonyl (C=O) groups is 1. The van der Waals surface area contributed by atoms with Gasteiger partial charge in [0.1, 0.15) is 5.65 Å². The molecule has 6 nitrogen and oxygen atoms in total. The van der Waals surface area contributed by atoms with Crippen LogP contribution in [0, 0.1) is 0 Å². The fraction of sp³-hybridized carbons (Fsp3) is 0.500. The van der Waals surface area contributed by atoms with Crippen LogP contribution in [0.5, 0.6) is 0 Å². The number of amides is 1. The van der Waals surface area contributed by atoms with Crippen LogP contribution in [0.1, 0.15) is 36.2 Å². The van der Waals surface area contributed by atoms with Crippen LogP contribution < -0.4 is 5.32 Å². The van der Waals surface area contributed by atoms with Crippen molar-refractivity contribution in [3.05, 3.63) is 35.2 Å². The lowest BCUT2D eigenvalue weighted by molar-refractivity contribution is -0.192. The zero-order valence-corrected chi connectivity index (χ0v) is 13.4. The number of aromatic nitrogens is 2. The molecule has 1 aliphatic heterocycles. The van der Waals surface area contributed by atoms with Crippen LogP contribution in [0.2, 0.25) is 5.15 Å². The van der Waals surface area contributed by atoms with Crippen LogP contribution in [0.25, 0.3) is 5.65 Å². The molecule has 2 aromatic rings. The zero-order chi connectivity index (χ0) is 15.9. The quantitative estimate of drug-likeness (QED) is 0.915. The second kappa shape index (κ2) is 5.78. The Hall–Kier alpha value is -1.63. The van der Waals surface area contributed by atoms with Gasteiger partial charge in [-0.05, 0) is 25.0 Å². The molecule has 2 aliphatic rings. The van der Waals surface area contributed by atoms with E-state index in [0.717, 1.165) is 25.7 Å². The Morgan fingerprint density at radius 2 is 2.17 bits per heavy atom. The average molecular weight is 336 g/mol. The molecule has 1 amide bonds. The Labute approximate surface area is 138 Å². The van der Waals surface area contributed by atoms with E-state index in [-0.39, 0.29) is 17.1 Å². The topological polar surface area (TPSA) is 64.9 Å². The Morgan fingerprint density at radius 3 is 3.00 bits per heavy atom. The SMILES string of the molecule is O=C(N[C@H]1CCCCC12OCCO2)c1c(Cl)nc2ccccn12. The van der Waals surface area contributed by atoms with Crippen molar-refractivity contribution in [2.75, 3.05) is 13.2 Å². The standard InChI is InChI=1S/C16H18ClN3O3/c17-14-13(20-8-4-2-6-12(20)19-14)15(21)18-11-5-1-3-7-16(11)22-9-10-23-16/h2,4,6,8,11H,1,3,5,7,9-10H2,(H,18,21)/t11-/m0/s1. The molecule has 7 heteroatoms. The summed E-state index contributed by atoms with van der Waals surface area (Å²) in [6.07, 6.45) is 5.50. The number of hydrogen-bond acceptors (Lipinski definition) is 4. The van der Waals surface area contributed by atoms with Gasteiger partial charge in [-0.15, -0.1) is 0 Å². The molecule has 1 spiro atoms. The number of imidazole rings is 1. The van der Waals surface area contributed by atoms with E-state index in [9.17, 15) is 4.79 Å². The molecule has 2 aromatic heterocycles. The van der Waals surface area contributed by atoms with Crippen LogP contribution in [-0.2, 0) is 9.47 Å². The summed E-state index contributed by atoms with van der Waals surface area (Å²) in [5.74, 6) is -0.931. The second-order valence-electron chi connectivity index (χ2n) is 5.96. The highest BCUT2D eigenvalue weighted by Crippen LogP contribution is 2.36. The molecule has 23 heavy (non-hydrogen) atoms. The molecule has 3 heterocycles. The van der Waals surface area contributed by atoms with Gasteiger partial charge in [0, 0.05) is 12.6 Å². The lowest BCUT2D eigenvalue weighted by Crippen LogP contribution is -2.55. The third-order valence-corrected chi connectivity index (χ3v) is 4.85. The summed E-state index contributed by atoms with van der Waals surface area (Å²) in [6.45, 7) is 1.14. The van der Waals surface area contributed by atoms with Crippen molar-refractivity contribution in [3.8, 4) is 0 Å². The minimum atomic E-state index is -0.680. The maximum atomic E-state index is 12.8. The Kier molecular flexibility index (Phi) is 3.75. The first-order valence-corrected chi connectivity index (χ1v) is 8.29. The molecule has 1 saturated carbocycles. The number of halogens is 1. The summed E-state index contributed by atoms with van der Waals surface area (Å²) in [5, 5.41) is 3.25. The average Bonchev–Trinajstić information content (AvgIpc) is 3.14. The van der Waals surface area contributed by atoms with Crippen molar-refractivity contribution in [2.24, 2.45) is 0 Å². The van der Waals surface area contributed by atoms with Gasteiger partial charge in [-0.2, -0.15) is 0 Å². The van der Waals surface area contributed by atoms with Gasteiger partial charge in [0.25, 0.3) is 5.91 Å². The molecule has 0 aromatic carbocycles. The highest BCUT2D eigenvalue weighted by Gasteiger charge is 2.46. The molecule has 1 atom stereocenters. The van der Waals surface area contributed by atoms with Crippen LogP contribution in [0.4, 0.5) is 0 Å². The normalized spacial score (nSPS) is 23.4. The van der Waals surface area contributed by atoms with E-state index in [1.807, 2.05) is 18.2 Å². The van der Waals surface area contributed by atoms with Gasteiger partial charge in [-0.3, -0.25) is 9.20 Å². The van der Waals surface area contributed by atoms with Crippen molar-refractivity contribution >= 4 is 23.2 Å². The van der Waals surface area contributed by atoms with E-state index in [0.29, 0.717) is 24.6 Å². The van der Waals surface area contributed by atoms with Crippen LogP contribution in [0.15, 0.2) is 24.4 Å². The Bertz CT molecular complexity index is 739. The fourth-order valence-electron chi connectivity index (χ4n) is 3.51. The predicted octanol–water partition coefficient (Wildman–Crippen LogP) is 2.40. The van der Waals surface area contributed by atoms with Crippen molar-refractivity contribution in [1.82, 2.24) is 14.7 Å². The summed E-state index contributed by atoms with van der Waals surface area (Å²) >= 11 is 6.18. The molecule has 1 N–H and O–H groups in total. The summed E-state index contributed by atoms with van der Waals surface area (Å²) < 4.78 is 13.4. The lowest BCUT2D eigenvalue weighted by Gasteiger charge is -2.39. The summed E-state index contributed by atoms with van der Waals surface area (Å²) in [7, 11) is 0. The van der Waals surface area contributed by atoms with Gasteiger partial charge in [0.2, 0.25) is 0 Å². The monoisotopic (exact) mass is 335 g/mol. The summed E-state index contributed by atoms with van der Waals surface area (Å²) in [5.41, 5.74) is 0.996. The third kappa shape index (κ3) is 2.51. The number of nitrogens with one attached hydrogen (secondary N) is 1. The molecule has 4 rings (SSSR count). The Balaban J connectivity index is 1.62. The minimum Gasteiger partial charge on any atom is -0.346 e. The predicted molar refractivity (Wildman–Crippen MR) is 84.6 cm³/mol. The number of fused-ring (bicyclic) bond motifs is 1. The fourth-order valence-corrected chi connectivity index (χ4v) is 3.77. The number of hydrogen-bond donors (Lipinski definition) is 1. The second-order valence-corrected chi connectivity index (χ2v) is 6.32. The highest BCUT2D eigenvalue weighted by atomic mass is 35.5. The molecule has 2 fully saturated rings. The van der Waals surface area contributed by atoms with E-state index in [1.165, 1.54) is 0 Å². The molecule has 0 unspecified atom stereocenters. The molecular formula is C16H18ClN3O3. The van der Waals surface area contributed by atoms with E-state index in [2.05, 4.69) is 10.3 Å². The number of carbonyl (C=O) groups excluding carboxylic acids is 1. The van der Waals surface area contributed by atoms with Crippen molar-refractivity contribution < 1.29 is 14.3 Å². The summed E-state index contributed by atoms with van der Waals surface area (Å²) in [6, 6.07) is 5.34. The van der Waals surface area contributed by atoms with E-state index in [4.69, 9.17) is 21.1 Å². The third-order valence-electron chi connectivity index (χ3n) is 4.58. The number of rotatable bonds is 2. The van der Waals surface area contributed by atoms with E-state index >= 15 is 0 Å². The Morgan fingerprint density at radius 1 is 1.35 bits per heavy atom. The molecule has 0 bridgehead atoms. The molecule has 1 aliphatic carbocycles. The van der Waals surface area contributed by atoms with E-state index in [1.54, 1.807) is 10.6 Å². The van der Waals surface area contributed by atoms with Crippen molar-refractivity contribution in [3.63, 3.8) is 0 Å². The van der Waals surface area contributed by atoms with Crippen LogP contribution >= 0.6 is 11.6 Å². The molecule has 1 saturated heterocycles. The first-order valence-electron chi connectivity index (χ1n) is 7.91. The van der Waals surface area contributed by atoms with Crippen LogP contribution in [0.3, 0.4) is 0 Å². The lowest BCUT2D eigenvalue weighted by atomic mass is 9.89. The highest BCUT2D eigenvalue weighted by molar-refractivity contribution is 6.32. The summed E-state index contributed by atoms with van der Waals surface area (Å²) in [4.78, 5) is 17.0. The van der Waals surface area contributed by atoms with Crippen LogP contribution in [-0.4, -0.2) is 40.3 Å². The maximum Gasteiger partial charge on any atom is 0.271 e. The van der Waals surface area contributed by atoms with Gasteiger partial charge >= 0.3 is 0 Å². The number of pyridine rings is 1. The molecule has 122 valence electrons. The molecule has 0 radical (unpaired) electrons. The van der Waals surface area contributed by atoms with Crippen molar-refractivity contribution in [1.29, 1.82) is 0 Å².